The van der Waals surface area contributed by atoms with Gasteiger partial charge in [-0.2, -0.15) is 0 Å². The number of para-hydroxylation sites is 1. The highest BCUT2D eigenvalue weighted by Gasteiger charge is 2.27. The fourth-order valence-electron chi connectivity index (χ4n) is 2.44. The monoisotopic (exact) mass is 297 g/mol. The lowest BCUT2D eigenvalue weighted by atomic mass is 9.84. The molecule has 114 valence electrons. The number of Topliss-reactive ketones (excluding diaryl/α,β-unsaturated/α-hetero) is 2. The zero-order valence-electron chi connectivity index (χ0n) is 13.0. The van der Waals surface area contributed by atoms with Crippen molar-refractivity contribution >= 4 is 23.2 Å². The molecule has 1 amide bonds. The predicted octanol–water partition coefficient (Wildman–Crippen LogP) is 3.21. The number of carbonyl (C=O) groups excluding carboxylic acids is 3. The van der Waals surface area contributed by atoms with E-state index in [9.17, 15) is 14.4 Å². The van der Waals surface area contributed by atoms with E-state index in [0.29, 0.717) is 22.3 Å². The van der Waals surface area contributed by atoms with Crippen LogP contribution < -0.4 is 5.32 Å². The number of nitrogens with one attached hydrogen (secondary N) is 1. The summed E-state index contributed by atoms with van der Waals surface area (Å²) in [5.41, 5.74) is 2.61. The molecular formula is C18H19NO3. The van der Waals surface area contributed by atoms with E-state index in [1.807, 2.05) is 18.2 Å². The van der Waals surface area contributed by atoms with Crippen molar-refractivity contribution in [2.24, 2.45) is 0 Å². The maximum atomic E-state index is 12.3. The van der Waals surface area contributed by atoms with Crippen LogP contribution >= 0.6 is 0 Å². The van der Waals surface area contributed by atoms with Crippen molar-refractivity contribution in [3.05, 3.63) is 52.6 Å². The van der Waals surface area contributed by atoms with Gasteiger partial charge in [-0.15, -0.1) is 0 Å². The van der Waals surface area contributed by atoms with Crippen LogP contribution in [0.4, 0.5) is 5.69 Å². The van der Waals surface area contributed by atoms with E-state index in [2.05, 4.69) is 5.32 Å². The molecule has 0 aliphatic heterocycles. The zero-order valence-corrected chi connectivity index (χ0v) is 13.0. The van der Waals surface area contributed by atoms with Crippen molar-refractivity contribution in [2.75, 3.05) is 5.32 Å². The second-order valence-electron chi connectivity index (χ2n) is 5.43. The Kier molecular flexibility index (Phi) is 4.71. The van der Waals surface area contributed by atoms with Crippen LogP contribution in [-0.4, -0.2) is 17.5 Å². The van der Waals surface area contributed by atoms with Gasteiger partial charge in [0.05, 0.1) is 0 Å². The highest BCUT2D eigenvalue weighted by atomic mass is 16.2. The van der Waals surface area contributed by atoms with Gasteiger partial charge in [-0.3, -0.25) is 14.4 Å². The maximum absolute atomic E-state index is 12.3. The van der Waals surface area contributed by atoms with Crippen molar-refractivity contribution < 1.29 is 14.4 Å². The Morgan fingerprint density at radius 3 is 2.14 bits per heavy atom. The number of hydrogen-bond acceptors (Lipinski definition) is 3. The van der Waals surface area contributed by atoms with Crippen LogP contribution in [0.25, 0.3) is 0 Å². The maximum Gasteiger partial charge on any atom is 0.224 e. The first-order valence-corrected chi connectivity index (χ1v) is 7.23. The summed E-state index contributed by atoms with van der Waals surface area (Å²) in [5.74, 6) is -0.395. The van der Waals surface area contributed by atoms with Crippen molar-refractivity contribution in [1.29, 1.82) is 0 Å². The Bertz CT molecular complexity index is 696. The molecule has 0 aromatic heterocycles. The average Bonchev–Trinajstić information content (AvgIpc) is 2.52. The summed E-state index contributed by atoms with van der Waals surface area (Å²) >= 11 is 0. The second-order valence-corrected chi connectivity index (χ2v) is 5.43. The van der Waals surface area contributed by atoms with Gasteiger partial charge in [-0.25, -0.2) is 0 Å². The van der Waals surface area contributed by atoms with Gasteiger partial charge in [0.25, 0.3) is 0 Å². The minimum Gasteiger partial charge on any atom is -0.326 e. The molecule has 1 aromatic rings. The third-order valence-corrected chi connectivity index (χ3v) is 3.97. The average molecular weight is 297 g/mol. The number of hydrogen-bond donors (Lipinski definition) is 1. The summed E-state index contributed by atoms with van der Waals surface area (Å²) in [6.45, 7) is 4.98. The Labute approximate surface area is 129 Å². The summed E-state index contributed by atoms with van der Waals surface area (Å²) in [6.07, 6.45) is 0.451. The lowest BCUT2D eigenvalue weighted by Crippen LogP contribution is -2.22. The molecule has 1 N–H and O–H groups in total. The molecule has 2 rings (SSSR count). The highest BCUT2D eigenvalue weighted by molar-refractivity contribution is 6.24. The zero-order chi connectivity index (χ0) is 16.3. The molecule has 4 nitrogen and oxygen atoms in total. The fraction of sp³-hybridized carbons (Fsp3) is 0.278. The predicted molar refractivity (Wildman–Crippen MR) is 85.4 cm³/mol. The van der Waals surface area contributed by atoms with Crippen LogP contribution in [0.5, 0.6) is 0 Å². The van der Waals surface area contributed by atoms with E-state index in [4.69, 9.17) is 0 Å². The SMILES string of the molecule is CC1=C(C)C(=O)C(CCC(=O)Nc2ccccc2)=C(C)C1=O. The van der Waals surface area contributed by atoms with Gasteiger partial charge < -0.3 is 5.32 Å². The number of allylic oxidation sites excluding steroid dienone is 4. The first kappa shape index (κ1) is 15.9. The van der Waals surface area contributed by atoms with Crippen molar-refractivity contribution in [3.63, 3.8) is 0 Å². The summed E-state index contributed by atoms with van der Waals surface area (Å²) in [4.78, 5) is 36.3. The lowest BCUT2D eigenvalue weighted by molar-refractivity contribution is -0.117. The third kappa shape index (κ3) is 3.22. The van der Waals surface area contributed by atoms with Crippen LogP contribution in [-0.2, 0) is 14.4 Å². The summed E-state index contributed by atoms with van der Waals surface area (Å²) in [5, 5.41) is 2.77. The third-order valence-electron chi connectivity index (χ3n) is 3.97. The molecule has 4 heteroatoms. The standard InChI is InChI=1S/C18H19NO3/c1-11-12(2)18(22)15(13(3)17(11)21)9-10-16(20)19-14-7-5-4-6-8-14/h4-8H,9-10H2,1-3H3,(H,19,20). The van der Waals surface area contributed by atoms with Crippen LogP contribution in [0.2, 0.25) is 0 Å². The van der Waals surface area contributed by atoms with Gasteiger partial charge in [0.15, 0.2) is 11.6 Å². The molecule has 0 saturated carbocycles. The Balaban J connectivity index is 2.03. The van der Waals surface area contributed by atoms with E-state index in [1.54, 1.807) is 32.9 Å². The van der Waals surface area contributed by atoms with E-state index in [0.717, 1.165) is 5.69 Å². The minimum absolute atomic E-state index is 0.101. The smallest absolute Gasteiger partial charge is 0.224 e. The topological polar surface area (TPSA) is 63.2 Å². The number of anilines is 1. The van der Waals surface area contributed by atoms with E-state index in [-0.39, 0.29) is 30.3 Å². The van der Waals surface area contributed by atoms with Gasteiger partial charge in [-0.1, -0.05) is 18.2 Å². The van der Waals surface area contributed by atoms with E-state index >= 15 is 0 Å². The molecule has 1 aliphatic carbocycles. The van der Waals surface area contributed by atoms with Gasteiger partial charge in [0.2, 0.25) is 5.91 Å². The Morgan fingerprint density at radius 1 is 0.909 bits per heavy atom. The molecule has 0 unspecified atom stereocenters. The van der Waals surface area contributed by atoms with Crippen LogP contribution in [0.3, 0.4) is 0 Å². The minimum atomic E-state index is -0.171. The molecule has 0 radical (unpaired) electrons. The summed E-state index contributed by atoms with van der Waals surface area (Å²) in [6, 6.07) is 9.14. The molecule has 1 aromatic carbocycles. The molecule has 0 saturated heterocycles. The normalized spacial score (nSPS) is 15.4. The van der Waals surface area contributed by atoms with Crippen molar-refractivity contribution in [1.82, 2.24) is 0 Å². The van der Waals surface area contributed by atoms with Crippen LogP contribution in [0, 0.1) is 0 Å². The van der Waals surface area contributed by atoms with E-state index in [1.165, 1.54) is 0 Å². The number of rotatable bonds is 4. The van der Waals surface area contributed by atoms with Gasteiger partial charge >= 0.3 is 0 Å². The molecule has 1 aliphatic rings. The molecule has 0 spiro atoms. The molecule has 0 atom stereocenters. The number of benzene rings is 1. The first-order chi connectivity index (χ1) is 10.4. The summed E-state index contributed by atoms with van der Waals surface area (Å²) < 4.78 is 0. The van der Waals surface area contributed by atoms with Gasteiger partial charge in [0.1, 0.15) is 0 Å². The first-order valence-electron chi connectivity index (χ1n) is 7.23. The Hall–Kier alpha value is -2.49. The van der Waals surface area contributed by atoms with Gasteiger partial charge in [-0.05, 0) is 39.3 Å². The number of carbonyl (C=O) groups is 3. The molecule has 0 heterocycles. The Morgan fingerprint density at radius 2 is 1.50 bits per heavy atom. The summed E-state index contributed by atoms with van der Waals surface area (Å²) in [7, 11) is 0. The lowest BCUT2D eigenvalue weighted by Gasteiger charge is -2.18. The second kappa shape index (κ2) is 6.52. The van der Waals surface area contributed by atoms with E-state index < -0.39 is 0 Å². The molecular weight excluding hydrogens is 278 g/mol. The van der Waals surface area contributed by atoms with Crippen LogP contribution in [0.1, 0.15) is 33.6 Å². The molecule has 0 bridgehead atoms. The van der Waals surface area contributed by atoms with Crippen molar-refractivity contribution in [2.45, 2.75) is 33.6 Å². The van der Waals surface area contributed by atoms with Crippen LogP contribution in [0.15, 0.2) is 52.6 Å². The number of ketones is 2. The largest absolute Gasteiger partial charge is 0.326 e. The molecule has 22 heavy (non-hydrogen) atoms. The quantitative estimate of drug-likeness (QED) is 0.868. The fourth-order valence-corrected chi connectivity index (χ4v) is 2.44. The highest BCUT2D eigenvalue weighted by Crippen LogP contribution is 2.27. The van der Waals surface area contributed by atoms with Gasteiger partial charge in [0, 0.05) is 34.4 Å². The molecule has 0 fully saturated rings. The number of amides is 1. The van der Waals surface area contributed by atoms with Crippen molar-refractivity contribution in [3.8, 4) is 0 Å².